The maximum Gasteiger partial charge on any atom is 0.419 e. The highest BCUT2D eigenvalue weighted by molar-refractivity contribution is 5.84. The van der Waals surface area contributed by atoms with Gasteiger partial charge in [-0.15, -0.1) is 0 Å². The lowest BCUT2D eigenvalue weighted by molar-refractivity contribution is -0.139. The largest absolute Gasteiger partial charge is 0.493 e. The van der Waals surface area contributed by atoms with Crippen molar-refractivity contribution in [2.24, 2.45) is 7.05 Å². The molecule has 10 heteroatoms. The molecule has 180 valence electrons. The minimum atomic E-state index is -4.68. The number of likely N-dealkylation sites (tertiary alicyclic amines) is 1. The quantitative estimate of drug-likeness (QED) is 0.463. The Morgan fingerprint density at radius 3 is 2.59 bits per heavy atom. The van der Waals surface area contributed by atoms with Crippen molar-refractivity contribution in [3.8, 4) is 23.1 Å². The Balaban J connectivity index is 1.57. The van der Waals surface area contributed by atoms with Crippen LogP contribution in [0.5, 0.6) is 5.75 Å². The van der Waals surface area contributed by atoms with Crippen molar-refractivity contribution >= 4 is 11.0 Å². The van der Waals surface area contributed by atoms with Crippen LogP contribution >= 0.6 is 0 Å². The molecule has 0 atom stereocenters. The number of rotatable bonds is 6. The van der Waals surface area contributed by atoms with Gasteiger partial charge in [-0.25, -0.2) is 14.4 Å². The maximum absolute atomic E-state index is 15.0. The minimum Gasteiger partial charge on any atom is -0.493 e. The van der Waals surface area contributed by atoms with Crippen LogP contribution in [0.15, 0.2) is 30.6 Å². The van der Waals surface area contributed by atoms with Gasteiger partial charge < -0.3 is 14.2 Å². The maximum atomic E-state index is 15.0. The van der Waals surface area contributed by atoms with Crippen molar-refractivity contribution in [3.05, 3.63) is 41.9 Å². The average Bonchev–Trinajstić information content (AvgIpc) is 3.19. The van der Waals surface area contributed by atoms with E-state index in [2.05, 4.69) is 14.9 Å². The number of nitriles is 1. The summed E-state index contributed by atoms with van der Waals surface area (Å²) in [6, 6.07) is 7.17. The van der Waals surface area contributed by atoms with Crippen LogP contribution < -0.4 is 4.74 Å². The smallest absolute Gasteiger partial charge is 0.419 e. The molecule has 3 heterocycles. The lowest BCUT2D eigenvalue weighted by Crippen LogP contribution is -2.42. The number of aromatic nitrogens is 3. The fourth-order valence-corrected chi connectivity index (χ4v) is 4.25. The first-order valence-corrected chi connectivity index (χ1v) is 11.1. The molecule has 3 aromatic rings. The number of piperidine rings is 1. The Kier molecular flexibility index (Phi) is 6.49. The topological polar surface area (TPSA) is 67.0 Å². The molecule has 6 nitrogen and oxygen atoms in total. The number of hydrogen-bond donors (Lipinski definition) is 0. The van der Waals surface area contributed by atoms with Gasteiger partial charge in [-0.05, 0) is 43.7 Å². The van der Waals surface area contributed by atoms with Crippen molar-refractivity contribution < 1.29 is 22.3 Å². The number of halogens is 4. The van der Waals surface area contributed by atoms with Crippen LogP contribution in [0, 0.1) is 11.3 Å². The predicted octanol–water partition coefficient (Wildman–Crippen LogP) is 5.12. The molecule has 0 saturated carbocycles. The van der Waals surface area contributed by atoms with Crippen molar-refractivity contribution in [2.75, 3.05) is 26.2 Å². The summed E-state index contributed by atoms with van der Waals surface area (Å²) >= 11 is 0. The minimum absolute atomic E-state index is 0.0318. The Morgan fingerprint density at radius 2 is 1.94 bits per heavy atom. The lowest BCUT2D eigenvalue weighted by atomic mass is 9.90. The molecule has 1 aromatic carbocycles. The molecule has 2 aromatic heterocycles. The van der Waals surface area contributed by atoms with Crippen molar-refractivity contribution in [3.63, 3.8) is 0 Å². The number of imidazole rings is 1. The van der Waals surface area contributed by atoms with Crippen molar-refractivity contribution in [2.45, 2.75) is 38.0 Å². The van der Waals surface area contributed by atoms with Crippen LogP contribution in [0.25, 0.3) is 22.3 Å². The molecule has 0 bridgehead atoms. The number of aryl methyl sites for hydroxylation is 1. The summed E-state index contributed by atoms with van der Waals surface area (Å²) in [4.78, 5) is 10.5. The molecule has 1 saturated heterocycles. The molecule has 34 heavy (non-hydrogen) atoms. The van der Waals surface area contributed by atoms with Gasteiger partial charge in [0.05, 0.1) is 29.7 Å². The standard InChI is InChI=1S/C24H25F4N5O/c1-3-33-9-6-23(25,7-10-33)8-11-34-21-5-4-16(12-17(21)24(26,27)28)18-13-20-22(19(14-29)31-18)30-15-32(20)2/h4-5,12-13,15H,3,6-11H2,1-2H3. The van der Waals surface area contributed by atoms with E-state index >= 15 is 4.39 Å². The first-order chi connectivity index (χ1) is 16.1. The number of alkyl halides is 4. The van der Waals surface area contributed by atoms with E-state index in [1.807, 2.05) is 13.0 Å². The molecule has 1 aliphatic rings. The van der Waals surface area contributed by atoms with Gasteiger partial charge in [-0.3, -0.25) is 0 Å². The van der Waals surface area contributed by atoms with Gasteiger partial charge >= 0.3 is 6.18 Å². The second-order valence-corrected chi connectivity index (χ2v) is 8.58. The van der Waals surface area contributed by atoms with E-state index < -0.39 is 17.4 Å². The summed E-state index contributed by atoms with van der Waals surface area (Å²) in [5, 5.41) is 9.40. The van der Waals surface area contributed by atoms with Crippen LogP contribution in [0.1, 0.15) is 37.4 Å². The summed E-state index contributed by atoms with van der Waals surface area (Å²) in [7, 11) is 1.72. The van der Waals surface area contributed by atoms with Gasteiger partial charge in [-0.2, -0.15) is 18.4 Å². The Bertz CT molecular complexity index is 1220. The van der Waals surface area contributed by atoms with E-state index in [1.165, 1.54) is 18.5 Å². The molecule has 1 aliphatic heterocycles. The third kappa shape index (κ3) is 4.85. The van der Waals surface area contributed by atoms with Gasteiger partial charge in [0.1, 0.15) is 23.0 Å². The fourth-order valence-electron chi connectivity index (χ4n) is 4.25. The molecule has 0 amide bonds. The normalized spacial score (nSPS) is 16.5. The van der Waals surface area contributed by atoms with Crippen molar-refractivity contribution in [1.29, 1.82) is 5.26 Å². The fraction of sp³-hybridized carbons (Fsp3) is 0.458. The van der Waals surface area contributed by atoms with E-state index in [0.29, 0.717) is 37.0 Å². The van der Waals surface area contributed by atoms with E-state index in [9.17, 15) is 18.4 Å². The highest BCUT2D eigenvalue weighted by atomic mass is 19.4. The third-order valence-corrected chi connectivity index (χ3v) is 6.41. The second kappa shape index (κ2) is 9.22. The Labute approximate surface area is 194 Å². The SMILES string of the molecule is CCN1CCC(F)(CCOc2ccc(-c3cc4c(ncn4C)c(C#N)n3)cc2C(F)(F)F)CC1. The molecule has 0 aliphatic carbocycles. The Morgan fingerprint density at radius 1 is 1.21 bits per heavy atom. The predicted molar refractivity (Wildman–Crippen MR) is 119 cm³/mol. The molecule has 0 unspecified atom stereocenters. The summed E-state index contributed by atoms with van der Waals surface area (Å²) < 4.78 is 63.7. The Hall–Kier alpha value is -3.19. The van der Waals surface area contributed by atoms with E-state index in [0.717, 1.165) is 12.6 Å². The molecular formula is C24H25F4N5O. The highest BCUT2D eigenvalue weighted by Crippen LogP contribution is 2.39. The second-order valence-electron chi connectivity index (χ2n) is 8.58. The van der Waals surface area contributed by atoms with Crippen LogP contribution in [0.3, 0.4) is 0 Å². The monoisotopic (exact) mass is 475 g/mol. The molecule has 0 spiro atoms. The van der Waals surface area contributed by atoms with Gasteiger partial charge in [0.15, 0.2) is 5.69 Å². The number of pyridine rings is 1. The zero-order valence-corrected chi connectivity index (χ0v) is 19.0. The lowest BCUT2D eigenvalue weighted by Gasteiger charge is -2.35. The summed E-state index contributed by atoms with van der Waals surface area (Å²) in [5.41, 5.74) is -0.996. The molecular weight excluding hydrogens is 450 g/mol. The average molecular weight is 475 g/mol. The first-order valence-electron chi connectivity index (χ1n) is 11.1. The van der Waals surface area contributed by atoms with Gasteiger partial charge in [-0.1, -0.05) is 6.92 Å². The summed E-state index contributed by atoms with van der Waals surface area (Å²) in [6.07, 6.45) is -2.44. The molecule has 0 N–H and O–H groups in total. The highest BCUT2D eigenvalue weighted by Gasteiger charge is 2.36. The number of benzene rings is 1. The number of nitrogens with zero attached hydrogens (tertiary/aromatic N) is 5. The zero-order chi connectivity index (χ0) is 24.5. The first kappa shape index (κ1) is 24.0. The van der Waals surface area contributed by atoms with Crippen LogP contribution in [-0.4, -0.2) is 51.3 Å². The summed E-state index contributed by atoms with van der Waals surface area (Å²) in [6.45, 7) is 3.99. The summed E-state index contributed by atoms with van der Waals surface area (Å²) in [5.74, 6) is -0.354. The third-order valence-electron chi connectivity index (χ3n) is 6.41. The van der Waals surface area contributed by atoms with Gasteiger partial charge in [0.25, 0.3) is 0 Å². The van der Waals surface area contributed by atoms with E-state index in [4.69, 9.17) is 4.74 Å². The zero-order valence-electron chi connectivity index (χ0n) is 19.0. The molecule has 4 rings (SSSR count). The van der Waals surface area contributed by atoms with Crippen LogP contribution in [0.4, 0.5) is 17.6 Å². The van der Waals surface area contributed by atoms with Gasteiger partial charge in [0, 0.05) is 32.1 Å². The van der Waals surface area contributed by atoms with Crippen LogP contribution in [0.2, 0.25) is 0 Å². The number of hydrogen-bond acceptors (Lipinski definition) is 5. The van der Waals surface area contributed by atoms with Crippen LogP contribution in [-0.2, 0) is 13.2 Å². The number of ether oxygens (including phenoxy) is 1. The van der Waals surface area contributed by atoms with Gasteiger partial charge in [0.2, 0.25) is 0 Å². The van der Waals surface area contributed by atoms with E-state index in [-0.39, 0.29) is 35.7 Å². The van der Waals surface area contributed by atoms with E-state index in [1.54, 1.807) is 17.7 Å². The molecule has 0 radical (unpaired) electrons. The number of fused-ring (bicyclic) bond motifs is 1. The molecule has 1 fully saturated rings. The van der Waals surface area contributed by atoms with Crippen molar-refractivity contribution in [1.82, 2.24) is 19.4 Å².